The minimum atomic E-state index is -4.40. The molecule has 0 amide bonds. The van der Waals surface area contributed by atoms with Gasteiger partial charge in [-0.3, -0.25) is 4.52 Å². The monoisotopic (exact) mass is 915 g/mol. The van der Waals surface area contributed by atoms with Crippen molar-refractivity contribution in [3.63, 3.8) is 0 Å². The third-order valence-corrected chi connectivity index (χ3v) is 12.6. The van der Waals surface area contributed by atoms with Crippen molar-refractivity contribution in [2.75, 3.05) is 6.61 Å². The summed E-state index contributed by atoms with van der Waals surface area (Å²) in [5, 5.41) is 0. The van der Waals surface area contributed by atoms with Crippen LogP contribution in [0, 0.1) is 0 Å². The van der Waals surface area contributed by atoms with E-state index in [2.05, 4.69) is 154 Å². The van der Waals surface area contributed by atoms with E-state index in [1.807, 2.05) is 6.92 Å². The second kappa shape index (κ2) is 39.0. The fraction of sp³-hybridized carbons (Fsp3) is 0.600. The number of phosphoric ester groups is 1. The van der Waals surface area contributed by atoms with Gasteiger partial charge in [-0.25, -0.2) is 4.57 Å². The molecule has 0 atom stereocenters. The molecule has 0 radical (unpaired) electrons. The third kappa shape index (κ3) is 43.3. The van der Waals surface area contributed by atoms with E-state index in [0.29, 0.717) is 0 Å². The molecule has 0 saturated heterocycles. The Bertz CT molecular complexity index is 1770. The summed E-state index contributed by atoms with van der Waals surface area (Å²) in [6.07, 6.45) is 52.9. The van der Waals surface area contributed by atoms with Crippen LogP contribution in [0.15, 0.2) is 140 Å². The highest BCUT2D eigenvalue weighted by molar-refractivity contribution is 7.46. The number of hydrogen-bond acceptors (Lipinski definition) is 2. The second-order valence-electron chi connectivity index (χ2n) is 19.5. The van der Waals surface area contributed by atoms with Crippen LogP contribution in [-0.2, 0) is 9.09 Å². The largest absolute Gasteiger partial charge is 0.469 e. The normalized spacial score (nSPS) is 15.1. The van der Waals surface area contributed by atoms with E-state index in [4.69, 9.17) is 9.79 Å². The summed E-state index contributed by atoms with van der Waals surface area (Å²) in [5.41, 5.74) is 17.4. The molecule has 0 aromatic heterocycles. The Labute approximate surface area is 402 Å². The van der Waals surface area contributed by atoms with Crippen LogP contribution in [-0.4, -0.2) is 16.4 Å². The van der Waals surface area contributed by atoms with E-state index in [1.54, 1.807) is 6.08 Å². The number of rotatable bonds is 36. The van der Waals surface area contributed by atoms with Gasteiger partial charge in [0.25, 0.3) is 0 Å². The Balaban J connectivity index is 4.29. The molecule has 0 bridgehead atoms. The highest BCUT2D eigenvalue weighted by atomic mass is 31.2. The van der Waals surface area contributed by atoms with Gasteiger partial charge in [-0.2, -0.15) is 0 Å². The van der Waals surface area contributed by atoms with Crippen LogP contribution < -0.4 is 0 Å². The molecule has 0 aromatic carbocycles. The average Bonchev–Trinajstić information content (AvgIpc) is 3.20. The zero-order valence-corrected chi connectivity index (χ0v) is 45.2. The first-order chi connectivity index (χ1) is 30.7. The van der Waals surface area contributed by atoms with Crippen LogP contribution in [0.2, 0.25) is 0 Å². The highest BCUT2D eigenvalue weighted by Gasteiger charge is 2.11. The maximum Gasteiger partial charge on any atom is 0.469 e. The third-order valence-electron chi connectivity index (χ3n) is 12.1. The maximum absolute atomic E-state index is 10.8. The predicted molar refractivity (Wildman–Crippen MR) is 290 cm³/mol. The Morgan fingerprint density at radius 3 is 0.600 bits per heavy atom. The minimum absolute atomic E-state index is 0.0554. The molecule has 2 N–H and O–H groups in total. The molecule has 0 aliphatic rings. The first-order valence-corrected chi connectivity index (χ1v) is 26.8. The van der Waals surface area contributed by atoms with Gasteiger partial charge in [0.2, 0.25) is 0 Å². The molecular formula is C60H99O4P. The average molecular weight is 915 g/mol. The Morgan fingerprint density at radius 1 is 0.292 bits per heavy atom. The van der Waals surface area contributed by atoms with E-state index in [9.17, 15) is 4.57 Å². The van der Waals surface area contributed by atoms with E-state index in [0.717, 1.165) is 121 Å². The van der Waals surface area contributed by atoms with Crippen molar-refractivity contribution in [2.45, 2.75) is 231 Å². The van der Waals surface area contributed by atoms with Crippen LogP contribution >= 0.6 is 7.82 Å². The van der Waals surface area contributed by atoms with E-state index in [1.165, 1.54) is 87.0 Å². The van der Waals surface area contributed by atoms with Gasteiger partial charge in [0.1, 0.15) is 0 Å². The van der Waals surface area contributed by atoms with Crippen LogP contribution in [0.25, 0.3) is 0 Å². The van der Waals surface area contributed by atoms with Gasteiger partial charge in [-0.15, -0.1) is 0 Å². The molecule has 0 fully saturated rings. The number of allylic oxidation sites excluding steroid dienone is 23. The fourth-order valence-corrected chi connectivity index (χ4v) is 7.72. The van der Waals surface area contributed by atoms with Gasteiger partial charge in [0, 0.05) is 0 Å². The van der Waals surface area contributed by atoms with Crippen LogP contribution in [0.1, 0.15) is 231 Å². The second-order valence-corrected chi connectivity index (χ2v) is 20.8. The SMILES string of the molecule is CC(C)=CCC/C(C)=C/CC/C(C)=C/CC/C(C)=C/CC/C(C)=C/CC/C(C)=C/CC/C(C)=C/CC/C(C)=C/CC/C(C)=C/CC/C(C)=C/CC/C(C)=C/CC/C(C)=C/COP(=O)(O)O. The molecule has 0 saturated carbocycles. The number of phosphoric acid groups is 1. The van der Waals surface area contributed by atoms with Crippen molar-refractivity contribution in [3.05, 3.63) is 140 Å². The van der Waals surface area contributed by atoms with E-state index >= 15 is 0 Å². The van der Waals surface area contributed by atoms with Gasteiger partial charge in [0.05, 0.1) is 6.61 Å². The zero-order chi connectivity index (χ0) is 48.9. The summed E-state index contributed by atoms with van der Waals surface area (Å²) in [4.78, 5) is 17.6. The van der Waals surface area contributed by atoms with Crippen LogP contribution in [0.3, 0.4) is 0 Å². The number of hydrogen-bond donors (Lipinski definition) is 2. The van der Waals surface area contributed by atoms with Crippen molar-refractivity contribution < 1.29 is 18.9 Å². The van der Waals surface area contributed by atoms with Gasteiger partial charge in [-0.05, 0) is 231 Å². The van der Waals surface area contributed by atoms with Crippen LogP contribution in [0.4, 0.5) is 0 Å². The molecule has 0 aliphatic carbocycles. The molecule has 0 rings (SSSR count). The zero-order valence-electron chi connectivity index (χ0n) is 44.3. The van der Waals surface area contributed by atoms with Crippen molar-refractivity contribution in [2.24, 2.45) is 0 Å². The van der Waals surface area contributed by atoms with E-state index < -0.39 is 7.82 Å². The smallest absolute Gasteiger partial charge is 0.303 e. The van der Waals surface area contributed by atoms with Gasteiger partial charge >= 0.3 is 7.82 Å². The minimum Gasteiger partial charge on any atom is -0.303 e. The fourth-order valence-electron chi connectivity index (χ4n) is 7.45. The lowest BCUT2D eigenvalue weighted by Gasteiger charge is -2.04. The highest BCUT2D eigenvalue weighted by Crippen LogP contribution is 2.35. The molecule has 65 heavy (non-hydrogen) atoms. The maximum atomic E-state index is 10.8. The van der Waals surface area contributed by atoms with Crippen molar-refractivity contribution in [3.8, 4) is 0 Å². The molecular weight excluding hydrogens is 816 g/mol. The Hall–Kier alpha value is -3.01. The molecule has 368 valence electrons. The standard InChI is InChI=1S/C60H99O4P/c1-49(2)25-14-26-50(3)27-15-28-51(4)29-16-30-52(5)31-17-32-53(6)33-18-34-54(7)35-19-36-55(8)37-20-38-56(9)39-21-40-57(10)41-22-42-58(11)43-23-44-59(12)45-24-46-60(13)47-48-64-65(61,62)63/h25,27,29,31,33,35,37,39,41,43,45,47H,14-24,26,28,30,32,34,36,38,40,42,44,46,48H2,1-13H3,(H2,61,62,63)/b50-27+,51-29+,52-31+,53-33+,54-35+,55-37+,56-39+,57-41+,58-43+,59-45+,60-47+. The predicted octanol–water partition coefficient (Wildman–Crippen LogP) is 20.1. The Kier molecular flexibility index (Phi) is 37.2. The molecule has 0 heterocycles. The van der Waals surface area contributed by atoms with Crippen molar-refractivity contribution >= 4 is 7.82 Å². The lowest BCUT2D eigenvalue weighted by atomic mass is 10.0. The summed E-state index contributed by atoms with van der Waals surface area (Å²) >= 11 is 0. The van der Waals surface area contributed by atoms with Crippen molar-refractivity contribution in [1.82, 2.24) is 0 Å². The first kappa shape index (κ1) is 62.0. The lowest BCUT2D eigenvalue weighted by molar-refractivity contribution is 0.215. The molecule has 0 spiro atoms. The van der Waals surface area contributed by atoms with Gasteiger partial charge in [0.15, 0.2) is 0 Å². The summed E-state index contributed by atoms with van der Waals surface area (Å²) in [6, 6.07) is 0. The van der Waals surface area contributed by atoms with Gasteiger partial charge < -0.3 is 9.79 Å². The topological polar surface area (TPSA) is 66.8 Å². The lowest BCUT2D eigenvalue weighted by Crippen LogP contribution is -1.89. The van der Waals surface area contributed by atoms with Crippen molar-refractivity contribution in [1.29, 1.82) is 0 Å². The van der Waals surface area contributed by atoms with E-state index in [-0.39, 0.29) is 6.61 Å². The summed E-state index contributed by atoms with van der Waals surface area (Å²) < 4.78 is 15.3. The summed E-state index contributed by atoms with van der Waals surface area (Å²) in [7, 11) is -4.40. The molecule has 0 aliphatic heterocycles. The molecule has 0 aromatic rings. The quantitative estimate of drug-likeness (QED) is 0.0485. The first-order valence-electron chi connectivity index (χ1n) is 25.3. The summed E-state index contributed by atoms with van der Waals surface area (Å²) in [6.45, 7) is 29.0. The van der Waals surface area contributed by atoms with Crippen LogP contribution in [0.5, 0.6) is 0 Å². The molecule has 5 heteroatoms. The summed E-state index contributed by atoms with van der Waals surface area (Å²) in [5.74, 6) is 0. The molecule has 0 unspecified atom stereocenters. The Morgan fingerprint density at radius 2 is 0.446 bits per heavy atom. The molecule has 4 nitrogen and oxygen atoms in total. The van der Waals surface area contributed by atoms with Gasteiger partial charge in [-0.1, -0.05) is 140 Å².